The van der Waals surface area contributed by atoms with Crippen LogP contribution in [0.1, 0.15) is 168 Å². The van der Waals surface area contributed by atoms with E-state index in [1.54, 1.807) is 0 Å². The van der Waals surface area contributed by atoms with E-state index in [1.165, 1.54) is 44.9 Å². The molecule has 2 aliphatic heterocycles. The van der Waals surface area contributed by atoms with Gasteiger partial charge in [-0.15, -0.1) is 0 Å². The van der Waals surface area contributed by atoms with Crippen molar-refractivity contribution in [2.75, 3.05) is 33.0 Å². The number of ether oxygens (including phenoxy) is 6. The van der Waals surface area contributed by atoms with Crippen molar-refractivity contribution in [1.29, 1.82) is 0 Å². The Morgan fingerprint density at radius 1 is 0.440 bits per heavy atom. The third-order valence-corrected chi connectivity index (χ3v) is 12.8. The Bertz CT molecular complexity index is 1650. The Kier molecular flexibility index (Phi) is 42.2. The van der Waals surface area contributed by atoms with E-state index >= 15 is 0 Å². The molecule has 0 spiro atoms. The van der Waals surface area contributed by atoms with Crippen LogP contribution in [0.2, 0.25) is 0 Å². The first-order valence-electron chi connectivity index (χ1n) is 28.5. The molecule has 0 aromatic heterocycles. The molecule has 7 N–H and O–H groups in total. The molecular formula is C61H100O14. The van der Waals surface area contributed by atoms with Crippen LogP contribution in [-0.4, -0.2) is 142 Å². The van der Waals surface area contributed by atoms with Gasteiger partial charge in [0.2, 0.25) is 0 Å². The standard InChI is InChI=1S/C61H100O14/c1-3-5-7-9-11-13-15-17-19-20-21-22-23-24-25-26-27-28-29-31-33-35-37-39-41-43-45-70-47-50(73-53(63)44-42-40-38-36-34-32-30-18-16-14-12-10-8-6-4-2)48-71-60-59(69)57(67)55(65)52(75-60)49-72-61-58(68)56(66)54(64)51(46-62)74-61/h5-8,11-14,17-19,21-22,24-25,30,34,36,50-52,54-62,64-69H,3-4,9-10,15-16,20,23,26-29,31-33,35,37-49H2,1-2H3/b7-5-,8-6-,13-11-,14-12-,19-17-,22-21-,25-24-,30-18-,36-34-. The zero-order valence-electron chi connectivity index (χ0n) is 45.7. The van der Waals surface area contributed by atoms with Gasteiger partial charge in [0, 0.05) is 13.0 Å². The second kappa shape index (κ2) is 46.7. The lowest BCUT2D eigenvalue weighted by Gasteiger charge is -2.42. The largest absolute Gasteiger partial charge is 0.457 e. The Hall–Kier alpha value is -3.35. The third kappa shape index (κ3) is 33.5. The normalized spacial score (nSPS) is 25.5. The van der Waals surface area contributed by atoms with E-state index in [4.69, 9.17) is 28.4 Å². The summed E-state index contributed by atoms with van der Waals surface area (Å²) in [4.78, 5) is 13.0. The van der Waals surface area contributed by atoms with Gasteiger partial charge in [0.15, 0.2) is 12.6 Å². The highest BCUT2D eigenvalue weighted by Crippen LogP contribution is 2.26. The summed E-state index contributed by atoms with van der Waals surface area (Å²) in [6, 6.07) is 0. The fourth-order valence-corrected chi connectivity index (χ4v) is 8.24. The number of esters is 1. The first-order valence-corrected chi connectivity index (χ1v) is 28.5. The van der Waals surface area contributed by atoms with Gasteiger partial charge in [0.1, 0.15) is 54.9 Å². The Balaban J connectivity index is 1.71. The minimum atomic E-state index is -1.72. The van der Waals surface area contributed by atoms with Gasteiger partial charge in [-0.05, 0) is 96.3 Å². The summed E-state index contributed by atoms with van der Waals surface area (Å²) >= 11 is 0. The average molecular weight is 1060 g/mol. The molecule has 2 aliphatic rings. The molecule has 2 saturated heterocycles. The smallest absolute Gasteiger partial charge is 0.306 e. The molecule has 75 heavy (non-hydrogen) atoms. The highest BCUT2D eigenvalue weighted by molar-refractivity contribution is 5.69. The third-order valence-electron chi connectivity index (χ3n) is 12.8. The van der Waals surface area contributed by atoms with Gasteiger partial charge in [-0.1, -0.05) is 175 Å². The quantitative estimate of drug-likeness (QED) is 0.0172. The zero-order chi connectivity index (χ0) is 54.4. The van der Waals surface area contributed by atoms with Crippen LogP contribution in [0, 0.1) is 0 Å². The summed E-state index contributed by atoms with van der Waals surface area (Å²) in [6.07, 6.45) is 47.3. The zero-order valence-corrected chi connectivity index (χ0v) is 45.7. The molecule has 428 valence electrons. The first kappa shape index (κ1) is 67.8. The summed E-state index contributed by atoms with van der Waals surface area (Å²) in [5, 5.41) is 72.3. The van der Waals surface area contributed by atoms with E-state index in [2.05, 4.69) is 123 Å². The van der Waals surface area contributed by atoms with Crippen LogP contribution in [-0.2, 0) is 33.2 Å². The van der Waals surface area contributed by atoms with E-state index in [1.807, 2.05) is 0 Å². The Labute approximate surface area is 451 Å². The number of aliphatic hydroxyl groups excluding tert-OH is 7. The van der Waals surface area contributed by atoms with E-state index in [9.17, 15) is 40.5 Å². The van der Waals surface area contributed by atoms with Crippen molar-refractivity contribution in [2.45, 2.75) is 235 Å². The fourth-order valence-electron chi connectivity index (χ4n) is 8.24. The summed E-state index contributed by atoms with van der Waals surface area (Å²) in [7, 11) is 0. The molecule has 0 amide bonds. The maximum absolute atomic E-state index is 13.0. The molecule has 0 aliphatic carbocycles. The van der Waals surface area contributed by atoms with E-state index in [0.717, 1.165) is 96.3 Å². The molecule has 14 nitrogen and oxygen atoms in total. The van der Waals surface area contributed by atoms with Crippen LogP contribution >= 0.6 is 0 Å². The predicted octanol–water partition coefficient (Wildman–Crippen LogP) is 9.96. The molecule has 2 rings (SSSR count). The van der Waals surface area contributed by atoms with Crippen LogP contribution in [0.4, 0.5) is 0 Å². The second-order valence-corrected chi connectivity index (χ2v) is 19.3. The van der Waals surface area contributed by atoms with Crippen LogP contribution < -0.4 is 0 Å². The van der Waals surface area contributed by atoms with E-state index in [-0.39, 0.29) is 19.6 Å². The maximum atomic E-state index is 13.0. The van der Waals surface area contributed by atoms with Crippen LogP contribution in [0.3, 0.4) is 0 Å². The van der Waals surface area contributed by atoms with Crippen molar-refractivity contribution in [3.63, 3.8) is 0 Å². The van der Waals surface area contributed by atoms with Gasteiger partial charge in [-0.2, -0.15) is 0 Å². The van der Waals surface area contributed by atoms with Gasteiger partial charge in [0.25, 0.3) is 0 Å². The highest BCUT2D eigenvalue weighted by Gasteiger charge is 2.47. The Morgan fingerprint density at radius 2 is 0.827 bits per heavy atom. The monoisotopic (exact) mass is 1060 g/mol. The molecule has 0 radical (unpaired) electrons. The molecule has 0 aromatic rings. The van der Waals surface area contributed by atoms with E-state index in [0.29, 0.717) is 13.0 Å². The second-order valence-electron chi connectivity index (χ2n) is 19.3. The Morgan fingerprint density at radius 3 is 1.29 bits per heavy atom. The molecule has 11 atom stereocenters. The van der Waals surface area contributed by atoms with Gasteiger partial charge in [-0.3, -0.25) is 4.79 Å². The van der Waals surface area contributed by atoms with Gasteiger partial charge >= 0.3 is 5.97 Å². The SMILES string of the molecule is CC/C=C\C/C=C\C/C=C\C/C=C\C/C=C\CCCCCCCCCCCCOCC(COC1OC(COC2OC(CO)C(O)C(O)C2O)C(O)C(O)C1O)OC(=O)CCCC/C=C\C/C=C\C/C=C\C/C=C\CC. The number of hydrogen-bond acceptors (Lipinski definition) is 14. The minimum absolute atomic E-state index is 0.0341. The molecule has 14 heteroatoms. The van der Waals surface area contributed by atoms with Crippen LogP contribution in [0.5, 0.6) is 0 Å². The van der Waals surface area contributed by atoms with Crippen LogP contribution in [0.15, 0.2) is 109 Å². The first-order chi connectivity index (χ1) is 36.6. The predicted molar refractivity (Wildman–Crippen MR) is 297 cm³/mol. The fraction of sp³-hybridized carbons (Fsp3) is 0.689. The molecule has 11 unspecified atom stereocenters. The lowest BCUT2D eigenvalue weighted by atomic mass is 9.98. The molecule has 0 aromatic carbocycles. The molecule has 0 saturated carbocycles. The van der Waals surface area contributed by atoms with Crippen molar-refractivity contribution >= 4 is 5.97 Å². The number of carbonyl (C=O) groups is 1. The maximum Gasteiger partial charge on any atom is 0.306 e. The summed E-state index contributed by atoms with van der Waals surface area (Å²) in [5.41, 5.74) is 0. The van der Waals surface area contributed by atoms with Gasteiger partial charge in [0.05, 0.1) is 26.4 Å². The lowest BCUT2D eigenvalue weighted by molar-refractivity contribution is -0.332. The highest BCUT2D eigenvalue weighted by atomic mass is 16.7. The minimum Gasteiger partial charge on any atom is -0.457 e. The van der Waals surface area contributed by atoms with Crippen LogP contribution in [0.25, 0.3) is 0 Å². The number of carbonyl (C=O) groups excluding carboxylic acids is 1. The number of aliphatic hydroxyl groups is 7. The van der Waals surface area contributed by atoms with Gasteiger partial charge < -0.3 is 64.2 Å². The topological polar surface area (TPSA) is 214 Å². The summed E-state index contributed by atoms with van der Waals surface area (Å²) in [6.45, 7) is 3.37. The van der Waals surface area contributed by atoms with E-state index < -0.39 is 86.7 Å². The van der Waals surface area contributed by atoms with Gasteiger partial charge in [-0.25, -0.2) is 0 Å². The van der Waals surface area contributed by atoms with Crippen molar-refractivity contribution in [1.82, 2.24) is 0 Å². The summed E-state index contributed by atoms with van der Waals surface area (Å²) in [5.74, 6) is -0.422. The number of rotatable bonds is 44. The molecule has 0 bridgehead atoms. The van der Waals surface area contributed by atoms with Crippen molar-refractivity contribution in [3.05, 3.63) is 109 Å². The average Bonchev–Trinajstić information content (AvgIpc) is 3.41. The molecule has 2 fully saturated rings. The number of unbranched alkanes of at least 4 members (excludes halogenated alkanes) is 12. The molecule has 2 heterocycles. The van der Waals surface area contributed by atoms with Crippen molar-refractivity contribution < 1.29 is 69.0 Å². The summed E-state index contributed by atoms with van der Waals surface area (Å²) < 4.78 is 34.3. The van der Waals surface area contributed by atoms with Crippen molar-refractivity contribution in [3.8, 4) is 0 Å². The van der Waals surface area contributed by atoms with Crippen molar-refractivity contribution in [2.24, 2.45) is 0 Å². The lowest BCUT2D eigenvalue weighted by Crippen LogP contribution is -2.61. The number of hydrogen-bond donors (Lipinski definition) is 7. The molecular weight excluding hydrogens is 957 g/mol. The number of allylic oxidation sites excluding steroid dienone is 18.